The third-order valence-corrected chi connectivity index (χ3v) is 2.96. The van der Waals surface area contributed by atoms with Crippen LogP contribution in [0.3, 0.4) is 0 Å². The lowest BCUT2D eigenvalue weighted by Crippen LogP contribution is -2.20. The van der Waals surface area contributed by atoms with Gasteiger partial charge in [-0.3, -0.25) is 0 Å². The molecule has 0 aliphatic rings. The van der Waals surface area contributed by atoms with Gasteiger partial charge in [-0.1, -0.05) is 36.9 Å². The van der Waals surface area contributed by atoms with Crippen LogP contribution >= 0.6 is 0 Å². The number of hydrogen-bond donors (Lipinski definition) is 2. The molecule has 0 heterocycles. The fraction of sp³-hybridized carbons (Fsp3) is 0.222. The molecule has 2 aromatic rings. The van der Waals surface area contributed by atoms with Gasteiger partial charge >= 0.3 is 0 Å². The summed E-state index contributed by atoms with van der Waals surface area (Å²) < 4.78 is 11.2. The Morgan fingerprint density at radius 1 is 1.05 bits per heavy atom. The predicted octanol–water partition coefficient (Wildman–Crippen LogP) is 3.77. The minimum absolute atomic E-state index is 0.466. The Morgan fingerprint density at radius 2 is 1.86 bits per heavy atom. The quantitative estimate of drug-likeness (QED) is 0.546. The minimum Gasteiger partial charge on any atom is -0.490 e. The summed E-state index contributed by atoms with van der Waals surface area (Å²) in [6.45, 7) is 7.36. The van der Waals surface area contributed by atoms with Gasteiger partial charge < -0.3 is 14.9 Å². The van der Waals surface area contributed by atoms with E-state index in [1.54, 1.807) is 6.08 Å². The number of hydrogen-bond acceptors (Lipinski definition) is 4. The zero-order valence-corrected chi connectivity index (χ0v) is 12.8. The van der Waals surface area contributed by atoms with Crippen LogP contribution < -0.4 is 20.3 Å². The van der Waals surface area contributed by atoms with Gasteiger partial charge in [0.25, 0.3) is 0 Å². The lowest BCUT2D eigenvalue weighted by molar-refractivity contribution is 0.296. The number of ether oxygens (including phenoxy) is 2. The summed E-state index contributed by atoms with van der Waals surface area (Å²) >= 11 is 0. The molecule has 4 nitrogen and oxygen atoms in total. The van der Waals surface area contributed by atoms with E-state index in [2.05, 4.69) is 17.4 Å². The summed E-state index contributed by atoms with van der Waals surface area (Å²) in [7, 11) is 0. The molecule has 2 aromatic carbocycles. The number of para-hydroxylation sites is 1. The number of benzene rings is 2. The van der Waals surface area contributed by atoms with Gasteiger partial charge in [-0.05, 0) is 36.8 Å². The fourth-order valence-corrected chi connectivity index (χ4v) is 1.97. The number of nitrogens with one attached hydrogen (secondary N) is 2. The highest BCUT2D eigenvalue weighted by atomic mass is 16.5. The molecule has 22 heavy (non-hydrogen) atoms. The van der Waals surface area contributed by atoms with Crippen LogP contribution in [0, 0.1) is 0 Å². The van der Waals surface area contributed by atoms with E-state index in [-0.39, 0.29) is 0 Å². The standard InChI is InChI=1S/C18H22N2O2/c1-3-12-22-17-11-10-15(13-18(17)21-4-2)14-19-20-16-8-6-5-7-9-16/h3,5-11,13,19-20H,1,4,12,14H2,2H3. The Bertz CT molecular complexity index is 585. The molecule has 2 rings (SSSR count). The van der Waals surface area contributed by atoms with Crippen molar-refractivity contribution in [3.8, 4) is 11.5 Å². The molecule has 0 aliphatic heterocycles. The molecule has 0 saturated carbocycles. The molecule has 0 saturated heterocycles. The predicted molar refractivity (Wildman–Crippen MR) is 90.2 cm³/mol. The summed E-state index contributed by atoms with van der Waals surface area (Å²) in [5, 5.41) is 0. The summed E-state index contributed by atoms with van der Waals surface area (Å²) in [4.78, 5) is 0. The van der Waals surface area contributed by atoms with Gasteiger partial charge in [-0.15, -0.1) is 0 Å². The SMILES string of the molecule is C=CCOc1ccc(CNNc2ccccc2)cc1OCC. The first-order valence-electron chi connectivity index (χ1n) is 7.37. The van der Waals surface area contributed by atoms with E-state index in [4.69, 9.17) is 9.47 Å². The van der Waals surface area contributed by atoms with Gasteiger partial charge in [-0.25, -0.2) is 5.43 Å². The second-order valence-corrected chi connectivity index (χ2v) is 4.66. The number of anilines is 1. The fourth-order valence-electron chi connectivity index (χ4n) is 1.97. The van der Waals surface area contributed by atoms with Crippen LogP contribution in [0.1, 0.15) is 12.5 Å². The van der Waals surface area contributed by atoms with E-state index in [1.807, 2.05) is 55.5 Å². The Kier molecular flexibility index (Phi) is 6.33. The molecular formula is C18H22N2O2. The van der Waals surface area contributed by atoms with Crippen molar-refractivity contribution in [3.63, 3.8) is 0 Å². The maximum absolute atomic E-state index is 5.63. The molecule has 0 fully saturated rings. The van der Waals surface area contributed by atoms with E-state index in [1.165, 1.54) is 0 Å². The Labute approximate surface area is 131 Å². The molecule has 2 N–H and O–H groups in total. The van der Waals surface area contributed by atoms with Crippen LogP contribution in [0.25, 0.3) is 0 Å². The Morgan fingerprint density at radius 3 is 2.59 bits per heavy atom. The molecule has 0 radical (unpaired) electrons. The van der Waals surface area contributed by atoms with Gasteiger partial charge in [0.2, 0.25) is 0 Å². The smallest absolute Gasteiger partial charge is 0.161 e. The summed E-state index contributed by atoms with van der Waals surface area (Å²) in [6.07, 6.45) is 1.72. The van der Waals surface area contributed by atoms with Crippen molar-refractivity contribution < 1.29 is 9.47 Å². The monoisotopic (exact) mass is 298 g/mol. The normalized spacial score (nSPS) is 10.0. The molecule has 4 heteroatoms. The van der Waals surface area contributed by atoms with Gasteiger partial charge in [0.1, 0.15) is 6.61 Å². The van der Waals surface area contributed by atoms with Crippen LogP contribution in [0.5, 0.6) is 11.5 Å². The molecule has 0 amide bonds. The highest BCUT2D eigenvalue weighted by molar-refractivity contribution is 5.44. The molecule has 0 bridgehead atoms. The highest BCUT2D eigenvalue weighted by Crippen LogP contribution is 2.28. The lowest BCUT2D eigenvalue weighted by atomic mass is 10.2. The van der Waals surface area contributed by atoms with E-state index in [0.717, 1.165) is 22.7 Å². The van der Waals surface area contributed by atoms with Crippen molar-refractivity contribution in [1.82, 2.24) is 5.43 Å². The average Bonchev–Trinajstić information content (AvgIpc) is 2.55. The molecule has 0 spiro atoms. The third-order valence-electron chi connectivity index (χ3n) is 2.96. The molecular weight excluding hydrogens is 276 g/mol. The molecule has 0 aromatic heterocycles. The van der Waals surface area contributed by atoms with Crippen LogP contribution in [0.4, 0.5) is 5.69 Å². The molecule has 0 unspecified atom stereocenters. The first-order valence-corrected chi connectivity index (χ1v) is 7.37. The molecule has 0 atom stereocenters. The van der Waals surface area contributed by atoms with Crippen molar-refractivity contribution in [3.05, 3.63) is 66.7 Å². The van der Waals surface area contributed by atoms with Gasteiger partial charge in [0.15, 0.2) is 11.5 Å². The molecule has 0 aliphatic carbocycles. The topological polar surface area (TPSA) is 42.5 Å². The summed E-state index contributed by atoms with van der Waals surface area (Å²) in [5.74, 6) is 1.49. The zero-order valence-electron chi connectivity index (χ0n) is 12.8. The number of rotatable bonds is 9. The van der Waals surface area contributed by atoms with Crippen molar-refractivity contribution >= 4 is 5.69 Å². The average molecular weight is 298 g/mol. The first-order chi connectivity index (χ1) is 10.8. The third kappa shape index (κ3) is 4.82. The molecule has 116 valence electrons. The second kappa shape index (κ2) is 8.74. The highest BCUT2D eigenvalue weighted by Gasteiger charge is 2.06. The largest absolute Gasteiger partial charge is 0.490 e. The lowest BCUT2D eigenvalue weighted by Gasteiger charge is -2.13. The summed E-state index contributed by atoms with van der Waals surface area (Å²) in [6, 6.07) is 15.9. The first kappa shape index (κ1) is 15.9. The maximum atomic E-state index is 5.63. The summed E-state index contributed by atoms with van der Waals surface area (Å²) in [5.41, 5.74) is 8.48. The van der Waals surface area contributed by atoms with Gasteiger partial charge in [-0.2, -0.15) is 0 Å². The van der Waals surface area contributed by atoms with Crippen LogP contribution in [-0.2, 0) is 6.54 Å². The van der Waals surface area contributed by atoms with E-state index < -0.39 is 0 Å². The van der Waals surface area contributed by atoms with Crippen molar-refractivity contribution in [2.75, 3.05) is 18.6 Å². The van der Waals surface area contributed by atoms with E-state index in [0.29, 0.717) is 19.8 Å². The minimum atomic E-state index is 0.466. The van der Waals surface area contributed by atoms with E-state index in [9.17, 15) is 0 Å². The van der Waals surface area contributed by atoms with Crippen molar-refractivity contribution in [1.29, 1.82) is 0 Å². The second-order valence-electron chi connectivity index (χ2n) is 4.66. The zero-order chi connectivity index (χ0) is 15.6. The van der Waals surface area contributed by atoms with E-state index >= 15 is 0 Å². The Balaban J connectivity index is 1.95. The van der Waals surface area contributed by atoms with Gasteiger partial charge in [0.05, 0.1) is 6.61 Å². The van der Waals surface area contributed by atoms with Crippen molar-refractivity contribution in [2.45, 2.75) is 13.5 Å². The van der Waals surface area contributed by atoms with Crippen molar-refractivity contribution in [2.24, 2.45) is 0 Å². The van der Waals surface area contributed by atoms with Gasteiger partial charge in [0, 0.05) is 12.2 Å². The van der Waals surface area contributed by atoms with Crippen LogP contribution in [0.2, 0.25) is 0 Å². The number of hydrazine groups is 1. The Hall–Kier alpha value is -2.46. The van der Waals surface area contributed by atoms with Crippen LogP contribution in [-0.4, -0.2) is 13.2 Å². The van der Waals surface area contributed by atoms with Crippen LogP contribution in [0.15, 0.2) is 61.2 Å². The maximum Gasteiger partial charge on any atom is 0.161 e.